The first kappa shape index (κ1) is 25.7. The topological polar surface area (TPSA) is 68.8 Å². The number of rotatable bonds is 9. The van der Waals surface area contributed by atoms with E-state index in [1.165, 1.54) is 43.5 Å². The van der Waals surface area contributed by atoms with Crippen molar-refractivity contribution in [2.24, 2.45) is 4.99 Å². The molecule has 6 nitrogen and oxygen atoms in total. The molecule has 164 valence electrons. The van der Waals surface area contributed by atoms with Gasteiger partial charge >= 0.3 is 0 Å². The van der Waals surface area contributed by atoms with Crippen molar-refractivity contribution in [3.05, 3.63) is 35.4 Å². The van der Waals surface area contributed by atoms with E-state index in [0.29, 0.717) is 19.5 Å². The van der Waals surface area contributed by atoms with Crippen molar-refractivity contribution in [3.8, 4) is 0 Å². The van der Waals surface area contributed by atoms with Crippen molar-refractivity contribution in [3.63, 3.8) is 0 Å². The molecule has 1 aromatic rings. The zero-order valence-corrected chi connectivity index (χ0v) is 20.5. The first-order valence-corrected chi connectivity index (χ1v) is 10.7. The number of hydrogen-bond donors (Lipinski definition) is 3. The molecule has 1 aliphatic rings. The lowest BCUT2D eigenvalue weighted by atomic mass is 10.1. The Morgan fingerprint density at radius 1 is 1.07 bits per heavy atom. The van der Waals surface area contributed by atoms with Gasteiger partial charge in [-0.25, -0.2) is 4.99 Å². The van der Waals surface area contributed by atoms with Crippen molar-refractivity contribution in [1.82, 2.24) is 20.9 Å². The second kappa shape index (κ2) is 14.6. The monoisotopic (exact) mass is 515 g/mol. The van der Waals surface area contributed by atoms with E-state index in [1.54, 1.807) is 0 Å². The van der Waals surface area contributed by atoms with Gasteiger partial charge in [0.1, 0.15) is 0 Å². The quantitative estimate of drug-likeness (QED) is 0.268. The summed E-state index contributed by atoms with van der Waals surface area (Å²) in [4.78, 5) is 18.9. The molecule has 1 heterocycles. The number of benzene rings is 1. The normalized spacial score (nSPS) is 15.0. The number of nitrogens with zero attached hydrogens (tertiary/aromatic N) is 2. The summed E-state index contributed by atoms with van der Waals surface area (Å²) in [5.41, 5.74) is 2.56. The molecule has 1 aromatic carbocycles. The number of hydrogen-bond acceptors (Lipinski definition) is 3. The number of halogens is 1. The number of piperidine rings is 1. The lowest BCUT2D eigenvalue weighted by molar-refractivity contribution is -0.121. The average Bonchev–Trinajstić information content (AvgIpc) is 2.67. The Labute approximate surface area is 193 Å². The van der Waals surface area contributed by atoms with E-state index in [-0.39, 0.29) is 35.9 Å². The Hall–Kier alpha value is -1.35. The highest BCUT2D eigenvalue weighted by Crippen LogP contribution is 2.14. The van der Waals surface area contributed by atoms with E-state index in [9.17, 15) is 4.79 Å². The van der Waals surface area contributed by atoms with Crippen molar-refractivity contribution < 1.29 is 4.79 Å². The SMILES string of the molecule is CCNC(=NCc1ccc(CN2CCCCC2)cc1)NCCC(=O)NC(C)C.I. The molecule has 0 unspecified atom stereocenters. The molecular weight excluding hydrogens is 477 g/mol. The molecule has 0 radical (unpaired) electrons. The molecule has 0 aromatic heterocycles. The molecule has 0 saturated carbocycles. The van der Waals surface area contributed by atoms with Crippen LogP contribution in [0, 0.1) is 0 Å². The maximum Gasteiger partial charge on any atom is 0.221 e. The molecule has 1 aliphatic heterocycles. The van der Waals surface area contributed by atoms with Crippen LogP contribution < -0.4 is 16.0 Å². The number of carbonyl (C=O) groups excluding carboxylic acids is 1. The van der Waals surface area contributed by atoms with Crippen LogP contribution in [0.2, 0.25) is 0 Å². The summed E-state index contributed by atoms with van der Waals surface area (Å²) < 4.78 is 0. The Balaban J connectivity index is 0.00000420. The van der Waals surface area contributed by atoms with Gasteiger partial charge in [0.25, 0.3) is 0 Å². The van der Waals surface area contributed by atoms with Gasteiger partial charge in [0.05, 0.1) is 6.54 Å². The van der Waals surface area contributed by atoms with Gasteiger partial charge in [-0.1, -0.05) is 30.7 Å². The Bertz CT molecular complexity index is 612. The van der Waals surface area contributed by atoms with Crippen molar-refractivity contribution in [2.75, 3.05) is 26.2 Å². The highest BCUT2D eigenvalue weighted by Gasteiger charge is 2.10. The Kier molecular flexibility index (Phi) is 12.9. The van der Waals surface area contributed by atoms with Gasteiger partial charge in [0, 0.05) is 32.1 Å². The van der Waals surface area contributed by atoms with Gasteiger partial charge in [0.2, 0.25) is 5.91 Å². The van der Waals surface area contributed by atoms with Gasteiger partial charge in [0.15, 0.2) is 5.96 Å². The zero-order valence-electron chi connectivity index (χ0n) is 18.2. The van der Waals surface area contributed by atoms with Crippen LogP contribution in [0.3, 0.4) is 0 Å². The molecule has 7 heteroatoms. The third-order valence-electron chi connectivity index (χ3n) is 4.74. The molecule has 29 heavy (non-hydrogen) atoms. The largest absolute Gasteiger partial charge is 0.357 e. The summed E-state index contributed by atoms with van der Waals surface area (Å²) in [6.45, 7) is 11.4. The molecule has 1 fully saturated rings. The Morgan fingerprint density at radius 3 is 2.34 bits per heavy atom. The summed E-state index contributed by atoms with van der Waals surface area (Å²) >= 11 is 0. The van der Waals surface area contributed by atoms with Crippen molar-refractivity contribution in [2.45, 2.75) is 65.6 Å². The molecule has 0 bridgehead atoms. The van der Waals surface area contributed by atoms with Gasteiger partial charge in [-0.15, -0.1) is 24.0 Å². The van der Waals surface area contributed by atoms with Crippen LogP contribution in [0.4, 0.5) is 0 Å². The van der Waals surface area contributed by atoms with E-state index in [4.69, 9.17) is 0 Å². The summed E-state index contributed by atoms with van der Waals surface area (Å²) in [6, 6.07) is 8.95. The highest BCUT2D eigenvalue weighted by molar-refractivity contribution is 14.0. The standard InChI is InChI=1S/C22H37N5O.HI/c1-4-23-22(24-13-12-21(28)26-18(2)3)25-16-19-8-10-20(11-9-19)17-27-14-6-5-7-15-27;/h8-11,18H,4-7,12-17H2,1-3H3,(H,26,28)(H2,23,24,25);1H. The third-order valence-corrected chi connectivity index (χ3v) is 4.74. The zero-order chi connectivity index (χ0) is 20.2. The van der Waals surface area contributed by atoms with Gasteiger partial charge in [-0.3, -0.25) is 9.69 Å². The minimum atomic E-state index is 0. The number of likely N-dealkylation sites (tertiary alicyclic amines) is 1. The van der Waals surface area contributed by atoms with E-state index in [1.807, 2.05) is 20.8 Å². The summed E-state index contributed by atoms with van der Waals surface area (Å²) in [5, 5.41) is 9.36. The van der Waals surface area contributed by atoms with E-state index in [2.05, 4.69) is 50.1 Å². The van der Waals surface area contributed by atoms with Crippen molar-refractivity contribution in [1.29, 1.82) is 0 Å². The van der Waals surface area contributed by atoms with Crippen LogP contribution in [0.1, 0.15) is 57.6 Å². The fourth-order valence-corrected chi connectivity index (χ4v) is 3.33. The second-order valence-electron chi connectivity index (χ2n) is 7.75. The maximum absolute atomic E-state index is 11.7. The van der Waals surface area contributed by atoms with E-state index >= 15 is 0 Å². The van der Waals surface area contributed by atoms with Crippen LogP contribution in [-0.2, 0) is 17.9 Å². The molecule has 2 rings (SSSR count). The number of guanidine groups is 1. The summed E-state index contributed by atoms with van der Waals surface area (Å²) in [6.07, 6.45) is 4.46. The van der Waals surface area contributed by atoms with E-state index in [0.717, 1.165) is 19.0 Å². The lowest BCUT2D eigenvalue weighted by Crippen LogP contribution is -2.40. The van der Waals surface area contributed by atoms with Crippen LogP contribution in [0.5, 0.6) is 0 Å². The third kappa shape index (κ3) is 10.8. The second-order valence-corrected chi connectivity index (χ2v) is 7.75. The molecule has 0 aliphatic carbocycles. The van der Waals surface area contributed by atoms with Gasteiger partial charge < -0.3 is 16.0 Å². The number of aliphatic imine (C=N–C) groups is 1. The van der Waals surface area contributed by atoms with Crippen LogP contribution in [0.15, 0.2) is 29.3 Å². The van der Waals surface area contributed by atoms with Crippen LogP contribution in [0.25, 0.3) is 0 Å². The van der Waals surface area contributed by atoms with Crippen molar-refractivity contribution >= 4 is 35.8 Å². The minimum absolute atomic E-state index is 0. The van der Waals surface area contributed by atoms with Crippen LogP contribution in [-0.4, -0.2) is 49.0 Å². The fourth-order valence-electron chi connectivity index (χ4n) is 3.33. The predicted octanol–water partition coefficient (Wildman–Crippen LogP) is 3.26. The molecule has 0 spiro atoms. The summed E-state index contributed by atoms with van der Waals surface area (Å²) in [7, 11) is 0. The first-order valence-electron chi connectivity index (χ1n) is 10.7. The number of amides is 1. The smallest absolute Gasteiger partial charge is 0.221 e. The maximum atomic E-state index is 11.7. The first-order chi connectivity index (χ1) is 13.6. The van der Waals surface area contributed by atoms with Gasteiger partial charge in [-0.2, -0.15) is 0 Å². The fraction of sp³-hybridized carbons (Fsp3) is 0.636. The summed E-state index contributed by atoms with van der Waals surface area (Å²) in [5.74, 6) is 0.805. The molecular formula is C22H38IN5O. The van der Waals surface area contributed by atoms with Gasteiger partial charge in [-0.05, 0) is 57.8 Å². The van der Waals surface area contributed by atoms with E-state index < -0.39 is 0 Å². The molecule has 0 atom stereocenters. The molecule has 3 N–H and O–H groups in total. The number of carbonyl (C=O) groups is 1. The van der Waals surface area contributed by atoms with Crippen LogP contribution >= 0.6 is 24.0 Å². The number of nitrogens with one attached hydrogen (secondary N) is 3. The minimum Gasteiger partial charge on any atom is -0.357 e. The average molecular weight is 515 g/mol. The molecule has 1 saturated heterocycles. The Morgan fingerprint density at radius 2 is 1.72 bits per heavy atom. The predicted molar refractivity (Wildman–Crippen MR) is 132 cm³/mol. The lowest BCUT2D eigenvalue weighted by Gasteiger charge is -2.26. The highest BCUT2D eigenvalue weighted by atomic mass is 127. The molecule has 1 amide bonds.